The summed E-state index contributed by atoms with van der Waals surface area (Å²) in [6.07, 6.45) is 0.192. The number of thiazole rings is 1. The standard InChI is InChI=1S/C22H20BrN3O4S3/c1-2-30-15-8-9-16-18(13-15)31-22(24-16)25-21(27)17(12-14-6-4-3-5-7-14)26-33(28,29)20-11-10-19(23)32-20/h3-11,13,17,26H,2,12H2,1H3,(H,24,25,27)/t17-/m0/s1. The highest BCUT2D eigenvalue weighted by molar-refractivity contribution is 9.11. The quantitative estimate of drug-likeness (QED) is 0.296. The van der Waals surface area contributed by atoms with E-state index in [9.17, 15) is 13.2 Å². The van der Waals surface area contributed by atoms with Gasteiger partial charge in [-0.1, -0.05) is 41.7 Å². The predicted molar refractivity (Wildman–Crippen MR) is 136 cm³/mol. The summed E-state index contributed by atoms with van der Waals surface area (Å²) in [4.78, 5) is 17.6. The maximum absolute atomic E-state index is 13.2. The van der Waals surface area contributed by atoms with Crippen LogP contribution in [0.5, 0.6) is 5.75 Å². The Morgan fingerprint density at radius 2 is 1.91 bits per heavy atom. The van der Waals surface area contributed by atoms with Crippen molar-refractivity contribution in [3.8, 4) is 5.75 Å². The number of benzene rings is 2. The van der Waals surface area contributed by atoms with Gasteiger partial charge in [0.05, 0.1) is 20.6 Å². The fraction of sp³-hybridized carbons (Fsp3) is 0.182. The highest BCUT2D eigenvalue weighted by atomic mass is 79.9. The number of anilines is 1. The minimum absolute atomic E-state index is 0.128. The Bertz CT molecular complexity index is 1370. The summed E-state index contributed by atoms with van der Waals surface area (Å²) in [7, 11) is -3.89. The molecule has 4 rings (SSSR count). The van der Waals surface area contributed by atoms with Gasteiger partial charge in [-0.3, -0.25) is 4.79 Å². The fourth-order valence-corrected chi connectivity index (χ4v) is 7.25. The molecule has 1 amide bonds. The maximum atomic E-state index is 13.2. The fourth-order valence-electron chi connectivity index (χ4n) is 3.13. The van der Waals surface area contributed by atoms with Crippen molar-refractivity contribution in [2.75, 3.05) is 11.9 Å². The molecule has 0 saturated carbocycles. The molecule has 1 atom stereocenters. The van der Waals surface area contributed by atoms with E-state index in [4.69, 9.17) is 4.74 Å². The number of rotatable bonds is 9. The van der Waals surface area contributed by atoms with E-state index in [1.165, 1.54) is 17.4 Å². The molecule has 0 aliphatic heterocycles. The van der Waals surface area contributed by atoms with Gasteiger partial charge in [-0.25, -0.2) is 13.4 Å². The number of amides is 1. The smallest absolute Gasteiger partial charge is 0.250 e. The number of thiophene rings is 1. The Labute approximate surface area is 208 Å². The molecule has 0 spiro atoms. The van der Waals surface area contributed by atoms with Gasteiger partial charge < -0.3 is 10.1 Å². The third-order valence-electron chi connectivity index (χ3n) is 4.61. The SMILES string of the molecule is CCOc1ccc2nc(NC(=O)[C@H](Cc3ccccc3)NS(=O)(=O)c3ccc(Br)s3)sc2c1. The summed E-state index contributed by atoms with van der Waals surface area (Å²) >= 11 is 5.66. The van der Waals surface area contributed by atoms with Gasteiger partial charge in [0.25, 0.3) is 10.0 Å². The molecule has 0 aliphatic carbocycles. The summed E-state index contributed by atoms with van der Waals surface area (Å²) in [5.74, 6) is 0.241. The monoisotopic (exact) mass is 565 g/mol. The molecule has 11 heteroatoms. The molecule has 0 saturated heterocycles. The number of aromatic nitrogens is 1. The summed E-state index contributed by atoms with van der Waals surface area (Å²) in [6, 6.07) is 16.9. The highest BCUT2D eigenvalue weighted by Gasteiger charge is 2.28. The Morgan fingerprint density at radius 1 is 1.12 bits per heavy atom. The van der Waals surface area contributed by atoms with Gasteiger partial charge in [0, 0.05) is 0 Å². The van der Waals surface area contributed by atoms with Crippen molar-refractivity contribution in [2.45, 2.75) is 23.6 Å². The van der Waals surface area contributed by atoms with Crippen LogP contribution in [0.1, 0.15) is 12.5 Å². The van der Waals surface area contributed by atoms with Crippen LogP contribution < -0.4 is 14.8 Å². The molecule has 0 unspecified atom stereocenters. The lowest BCUT2D eigenvalue weighted by Gasteiger charge is -2.17. The second kappa shape index (κ2) is 10.3. The van der Waals surface area contributed by atoms with Crippen molar-refractivity contribution >= 4 is 69.9 Å². The lowest BCUT2D eigenvalue weighted by Crippen LogP contribution is -2.45. The summed E-state index contributed by atoms with van der Waals surface area (Å²) < 4.78 is 35.6. The molecule has 33 heavy (non-hydrogen) atoms. The van der Waals surface area contributed by atoms with Crippen LogP contribution >= 0.6 is 38.6 Å². The van der Waals surface area contributed by atoms with Gasteiger partial charge in [-0.2, -0.15) is 4.72 Å². The van der Waals surface area contributed by atoms with Gasteiger partial charge in [-0.05, 0) is 65.2 Å². The normalized spacial score (nSPS) is 12.5. The van der Waals surface area contributed by atoms with Crippen molar-refractivity contribution in [2.24, 2.45) is 0 Å². The van der Waals surface area contributed by atoms with E-state index in [1.54, 1.807) is 6.07 Å². The Balaban J connectivity index is 1.58. The number of hydrogen-bond donors (Lipinski definition) is 2. The minimum atomic E-state index is -3.89. The first-order valence-electron chi connectivity index (χ1n) is 10.00. The van der Waals surface area contributed by atoms with Crippen LogP contribution in [-0.2, 0) is 21.2 Å². The number of carbonyl (C=O) groups excluding carboxylic acids is 1. The Morgan fingerprint density at radius 3 is 2.61 bits per heavy atom. The van der Waals surface area contributed by atoms with Gasteiger partial charge in [-0.15, -0.1) is 11.3 Å². The van der Waals surface area contributed by atoms with E-state index < -0.39 is 22.0 Å². The van der Waals surface area contributed by atoms with E-state index in [1.807, 2.05) is 55.5 Å². The van der Waals surface area contributed by atoms with E-state index in [0.717, 1.165) is 32.9 Å². The average molecular weight is 567 g/mol. The first kappa shape index (κ1) is 23.8. The third kappa shape index (κ3) is 5.98. The van der Waals surface area contributed by atoms with E-state index >= 15 is 0 Å². The van der Waals surface area contributed by atoms with Crippen LogP contribution in [0.2, 0.25) is 0 Å². The van der Waals surface area contributed by atoms with Crippen LogP contribution in [0.4, 0.5) is 5.13 Å². The predicted octanol–water partition coefficient (Wildman–Crippen LogP) is 5.05. The number of fused-ring (bicyclic) bond motifs is 1. The summed E-state index contributed by atoms with van der Waals surface area (Å²) in [6.45, 7) is 2.46. The number of nitrogens with one attached hydrogen (secondary N) is 2. The Kier molecular flexibility index (Phi) is 7.45. The van der Waals surface area contributed by atoms with Gasteiger partial charge in [0.1, 0.15) is 16.0 Å². The second-order valence-electron chi connectivity index (χ2n) is 6.99. The van der Waals surface area contributed by atoms with E-state index in [-0.39, 0.29) is 10.6 Å². The molecular weight excluding hydrogens is 546 g/mol. The van der Waals surface area contributed by atoms with E-state index in [0.29, 0.717) is 15.5 Å². The van der Waals surface area contributed by atoms with Crippen molar-refractivity contribution in [1.82, 2.24) is 9.71 Å². The zero-order chi connectivity index (χ0) is 23.4. The van der Waals surface area contributed by atoms with Gasteiger partial charge in [0.2, 0.25) is 5.91 Å². The molecule has 0 bridgehead atoms. The van der Waals surface area contributed by atoms with Crippen molar-refractivity contribution in [3.63, 3.8) is 0 Å². The molecule has 2 aromatic carbocycles. The van der Waals surface area contributed by atoms with Crippen molar-refractivity contribution in [1.29, 1.82) is 0 Å². The average Bonchev–Trinajstić information content (AvgIpc) is 3.40. The number of nitrogens with zero attached hydrogens (tertiary/aromatic N) is 1. The first-order valence-corrected chi connectivity index (χ1v) is 13.9. The molecule has 172 valence electrons. The van der Waals surface area contributed by atoms with Gasteiger partial charge in [0.15, 0.2) is 5.13 Å². The molecule has 2 heterocycles. The largest absolute Gasteiger partial charge is 0.494 e. The topological polar surface area (TPSA) is 97.4 Å². The molecule has 2 N–H and O–H groups in total. The lowest BCUT2D eigenvalue weighted by atomic mass is 10.1. The third-order valence-corrected chi connectivity index (χ3v) is 9.13. The van der Waals surface area contributed by atoms with Crippen LogP contribution in [0.15, 0.2) is 68.7 Å². The van der Waals surface area contributed by atoms with Crippen LogP contribution in [0, 0.1) is 0 Å². The zero-order valence-electron chi connectivity index (χ0n) is 17.4. The lowest BCUT2D eigenvalue weighted by molar-refractivity contribution is -0.117. The molecule has 7 nitrogen and oxygen atoms in total. The number of ether oxygens (including phenoxy) is 1. The zero-order valence-corrected chi connectivity index (χ0v) is 21.5. The molecule has 2 aromatic heterocycles. The number of sulfonamides is 1. The molecule has 0 radical (unpaired) electrons. The minimum Gasteiger partial charge on any atom is -0.494 e. The highest BCUT2D eigenvalue weighted by Crippen LogP contribution is 2.30. The second-order valence-corrected chi connectivity index (χ2v) is 12.4. The number of halogens is 1. The molecule has 0 fully saturated rings. The van der Waals surface area contributed by atoms with Crippen LogP contribution in [-0.4, -0.2) is 32.0 Å². The van der Waals surface area contributed by atoms with Crippen molar-refractivity contribution < 1.29 is 17.9 Å². The van der Waals surface area contributed by atoms with Gasteiger partial charge >= 0.3 is 0 Å². The Hall–Kier alpha value is -2.31. The maximum Gasteiger partial charge on any atom is 0.250 e. The van der Waals surface area contributed by atoms with E-state index in [2.05, 4.69) is 31.0 Å². The van der Waals surface area contributed by atoms with Crippen LogP contribution in [0.25, 0.3) is 10.2 Å². The summed E-state index contributed by atoms with van der Waals surface area (Å²) in [5.41, 5.74) is 1.56. The van der Waals surface area contributed by atoms with Crippen LogP contribution in [0.3, 0.4) is 0 Å². The van der Waals surface area contributed by atoms with Crippen molar-refractivity contribution in [3.05, 3.63) is 70.0 Å². The number of carbonyl (C=O) groups is 1. The number of hydrogen-bond acceptors (Lipinski definition) is 7. The molecule has 0 aliphatic rings. The first-order chi connectivity index (χ1) is 15.8. The molecule has 4 aromatic rings. The summed E-state index contributed by atoms with van der Waals surface area (Å²) in [5, 5.41) is 3.17. The molecular formula is C22H20BrN3O4S3.